The zero-order valence-electron chi connectivity index (χ0n) is 11.1. The molecule has 1 aliphatic rings. The van der Waals surface area contributed by atoms with Crippen LogP contribution in [0.2, 0.25) is 0 Å². The van der Waals surface area contributed by atoms with Gasteiger partial charge in [0, 0.05) is 26.0 Å². The normalized spacial score (nSPS) is 15.1. The van der Waals surface area contributed by atoms with E-state index in [1.807, 2.05) is 0 Å². The molecule has 0 saturated carbocycles. The first kappa shape index (κ1) is 13.1. The average Bonchev–Trinajstić information content (AvgIpc) is 2.66. The number of hydrogen-bond donors (Lipinski definition) is 2. The van der Waals surface area contributed by atoms with Crippen LogP contribution in [0, 0.1) is 0 Å². The molecule has 0 unspecified atom stereocenters. The second-order valence-electron chi connectivity index (χ2n) is 4.92. The predicted octanol–water partition coefficient (Wildman–Crippen LogP) is 1.53. The summed E-state index contributed by atoms with van der Waals surface area (Å²) in [5, 5.41) is 18.1. The fourth-order valence-corrected chi connectivity index (χ4v) is 2.07. The van der Waals surface area contributed by atoms with Crippen LogP contribution in [0.3, 0.4) is 0 Å². The summed E-state index contributed by atoms with van der Waals surface area (Å²) in [5.74, 6) is -2.97. The molecular weight excluding hydrogens is 280 g/mol. The minimum Gasteiger partial charge on any atom is -0.476 e. The maximum Gasteiger partial charge on any atom is 0.357 e. The topological polar surface area (TPSA) is 119 Å². The highest BCUT2D eigenvalue weighted by atomic mass is 16.7. The minimum absolute atomic E-state index is 0.220. The Kier molecular flexibility index (Phi) is 2.52. The Morgan fingerprint density at radius 3 is 1.67 bits per heavy atom. The minimum atomic E-state index is -1.46. The molecule has 0 bridgehead atoms. The van der Waals surface area contributed by atoms with Crippen molar-refractivity contribution < 1.29 is 29.3 Å². The monoisotopic (exact) mass is 290 g/mol. The molecule has 8 nitrogen and oxygen atoms in total. The Labute approximate surface area is 118 Å². The molecule has 0 saturated heterocycles. The Morgan fingerprint density at radius 1 is 0.952 bits per heavy atom. The molecule has 0 fully saturated rings. The highest BCUT2D eigenvalue weighted by Crippen LogP contribution is 2.41. The SMILES string of the molecule is CC1(C)Oc2cc3nc(C(=O)O)c(C(=O)O)nc3cc2O1. The fraction of sp³-hybridized carbons (Fsp3) is 0.231. The number of carboxylic acids is 2. The Balaban J connectivity index is 2.25. The molecule has 0 radical (unpaired) electrons. The van der Waals surface area contributed by atoms with E-state index in [1.165, 1.54) is 12.1 Å². The van der Waals surface area contributed by atoms with E-state index >= 15 is 0 Å². The second kappa shape index (κ2) is 4.05. The third-order valence-corrected chi connectivity index (χ3v) is 2.85. The molecule has 1 aromatic carbocycles. The van der Waals surface area contributed by atoms with Gasteiger partial charge in [0.2, 0.25) is 5.79 Å². The molecule has 0 aliphatic carbocycles. The second-order valence-corrected chi connectivity index (χ2v) is 4.92. The smallest absolute Gasteiger partial charge is 0.357 e. The molecule has 0 spiro atoms. The first-order valence-corrected chi connectivity index (χ1v) is 5.97. The summed E-state index contributed by atoms with van der Waals surface area (Å²) in [6.45, 7) is 3.42. The van der Waals surface area contributed by atoms with Gasteiger partial charge < -0.3 is 19.7 Å². The molecule has 3 rings (SSSR count). The summed E-state index contributed by atoms with van der Waals surface area (Å²) in [5.41, 5.74) is -0.795. The Bertz CT molecular complexity index is 734. The van der Waals surface area contributed by atoms with Crippen molar-refractivity contribution in [2.45, 2.75) is 19.6 Å². The van der Waals surface area contributed by atoms with Crippen molar-refractivity contribution >= 4 is 23.0 Å². The lowest BCUT2D eigenvalue weighted by Crippen LogP contribution is -2.29. The van der Waals surface area contributed by atoms with Crippen molar-refractivity contribution in [3.05, 3.63) is 23.5 Å². The van der Waals surface area contributed by atoms with Gasteiger partial charge in [0.15, 0.2) is 22.9 Å². The standard InChI is InChI=1S/C13H10N2O6/c1-13(2)20-7-3-5-6(4-8(7)21-13)15-10(12(18)19)9(14-5)11(16)17/h3-4H,1-2H3,(H,16,17)(H,18,19). The number of hydrogen-bond acceptors (Lipinski definition) is 6. The van der Waals surface area contributed by atoms with Gasteiger partial charge in [-0.25, -0.2) is 19.6 Å². The molecule has 0 atom stereocenters. The van der Waals surface area contributed by atoms with Crippen molar-refractivity contribution in [2.24, 2.45) is 0 Å². The van der Waals surface area contributed by atoms with E-state index in [9.17, 15) is 9.59 Å². The van der Waals surface area contributed by atoms with Crippen LogP contribution in [0.5, 0.6) is 11.5 Å². The summed E-state index contributed by atoms with van der Waals surface area (Å²) >= 11 is 0. The lowest BCUT2D eigenvalue weighted by molar-refractivity contribution is -0.0431. The summed E-state index contributed by atoms with van der Waals surface area (Å²) in [4.78, 5) is 29.9. The molecule has 1 aliphatic heterocycles. The molecular formula is C13H10N2O6. The van der Waals surface area contributed by atoms with Crippen LogP contribution in [-0.4, -0.2) is 37.9 Å². The van der Waals surface area contributed by atoms with Crippen LogP contribution in [0.25, 0.3) is 11.0 Å². The van der Waals surface area contributed by atoms with Crippen molar-refractivity contribution in [3.8, 4) is 11.5 Å². The molecule has 8 heteroatoms. The summed E-state index contributed by atoms with van der Waals surface area (Å²) in [6, 6.07) is 2.95. The van der Waals surface area contributed by atoms with E-state index in [1.54, 1.807) is 13.8 Å². The highest BCUT2D eigenvalue weighted by Gasteiger charge is 2.32. The van der Waals surface area contributed by atoms with Gasteiger partial charge >= 0.3 is 11.9 Å². The zero-order valence-corrected chi connectivity index (χ0v) is 11.1. The van der Waals surface area contributed by atoms with Crippen LogP contribution in [0.4, 0.5) is 0 Å². The van der Waals surface area contributed by atoms with Crippen molar-refractivity contribution in [3.63, 3.8) is 0 Å². The van der Waals surface area contributed by atoms with E-state index in [4.69, 9.17) is 19.7 Å². The number of rotatable bonds is 2. The number of fused-ring (bicyclic) bond motifs is 2. The van der Waals surface area contributed by atoms with Crippen LogP contribution < -0.4 is 9.47 Å². The van der Waals surface area contributed by atoms with E-state index in [-0.39, 0.29) is 11.0 Å². The predicted molar refractivity (Wildman–Crippen MR) is 68.8 cm³/mol. The van der Waals surface area contributed by atoms with Crippen molar-refractivity contribution in [1.29, 1.82) is 0 Å². The van der Waals surface area contributed by atoms with Gasteiger partial charge in [-0.1, -0.05) is 0 Å². The van der Waals surface area contributed by atoms with Crippen LogP contribution in [0.1, 0.15) is 34.8 Å². The molecule has 21 heavy (non-hydrogen) atoms. The summed E-state index contributed by atoms with van der Waals surface area (Å²) < 4.78 is 11.1. The third kappa shape index (κ3) is 2.10. The molecule has 108 valence electrons. The maximum atomic E-state index is 11.1. The average molecular weight is 290 g/mol. The number of carboxylic acid groups (broad SMARTS) is 2. The quantitative estimate of drug-likeness (QED) is 0.854. The van der Waals surface area contributed by atoms with Crippen LogP contribution in [-0.2, 0) is 0 Å². The van der Waals surface area contributed by atoms with E-state index in [2.05, 4.69) is 9.97 Å². The number of nitrogens with zero attached hydrogens (tertiary/aromatic N) is 2. The van der Waals surface area contributed by atoms with Gasteiger partial charge in [-0.3, -0.25) is 0 Å². The van der Waals surface area contributed by atoms with Gasteiger partial charge in [-0.2, -0.15) is 0 Å². The number of benzene rings is 1. The van der Waals surface area contributed by atoms with Crippen LogP contribution >= 0.6 is 0 Å². The summed E-state index contributed by atoms with van der Waals surface area (Å²) in [6.07, 6.45) is 0. The van der Waals surface area contributed by atoms with Crippen LogP contribution in [0.15, 0.2) is 12.1 Å². The highest BCUT2D eigenvalue weighted by molar-refractivity contribution is 6.01. The lowest BCUT2D eigenvalue weighted by Gasteiger charge is -2.16. The number of aromatic carboxylic acids is 2. The number of aromatic nitrogens is 2. The van der Waals surface area contributed by atoms with Gasteiger partial charge in [-0.05, 0) is 0 Å². The Hall–Kier alpha value is -2.90. The molecule has 2 heterocycles. The fourth-order valence-electron chi connectivity index (χ4n) is 2.07. The van der Waals surface area contributed by atoms with E-state index < -0.39 is 29.1 Å². The zero-order chi connectivity index (χ0) is 15.4. The third-order valence-electron chi connectivity index (χ3n) is 2.85. The first-order chi connectivity index (χ1) is 9.77. The maximum absolute atomic E-state index is 11.1. The summed E-state index contributed by atoms with van der Waals surface area (Å²) in [7, 11) is 0. The van der Waals surface area contributed by atoms with E-state index in [0.717, 1.165) is 0 Å². The molecule has 1 aromatic heterocycles. The van der Waals surface area contributed by atoms with Gasteiger partial charge in [-0.15, -0.1) is 0 Å². The Morgan fingerprint density at radius 2 is 1.33 bits per heavy atom. The largest absolute Gasteiger partial charge is 0.476 e. The van der Waals surface area contributed by atoms with E-state index in [0.29, 0.717) is 11.5 Å². The van der Waals surface area contributed by atoms with Crippen molar-refractivity contribution in [1.82, 2.24) is 9.97 Å². The van der Waals surface area contributed by atoms with Crippen molar-refractivity contribution in [2.75, 3.05) is 0 Å². The van der Waals surface area contributed by atoms with Gasteiger partial charge in [0.05, 0.1) is 11.0 Å². The first-order valence-electron chi connectivity index (χ1n) is 5.97. The number of ether oxygens (including phenoxy) is 2. The molecule has 0 amide bonds. The van der Waals surface area contributed by atoms with Gasteiger partial charge in [0.1, 0.15) is 0 Å². The van der Waals surface area contributed by atoms with Gasteiger partial charge in [0.25, 0.3) is 0 Å². The lowest BCUT2D eigenvalue weighted by atomic mass is 10.2. The molecule has 2 N–H and O–H groups in total. The number of carbonyl (C=O) groups is 2. The molecule has 2 aromatic rings.